The molecule has 2 aromatic rings. The van der Waals surface area contributed by atoms with Gasteiger partial charge >= 0.3 is 0 Å². The van der Waals surface area contributed by atoms with Gasteiger partial charge in [-0.15, -0.1) is 6.42 Å². The molecule has 0 saturated heterocycles. The summed E-state index contributed by atoms with van der Waals surface area (Å²) in [5.74, 6) is 3.70. The molecular weight excluding hydrogens is 258 g/mol. The Morgan fingerprint density at radius 1 is 1.42 bits per heavy atom. The summed E-state index contributed by atoms with van der Waals surface area (Å²) in [4.78, 5) is 4.63. The van der Waals surface area contributed by atoms with Gasteiger partial charge in [-0.2, -0.15) is 0 Å². The van der Waals surface area contributed by atoms with Crippen LogP contribution in [0.25, 0.3) is 11.0 Å². The molecule has 0 unspecified atom stereocenters. The van der Waals surface area contributed by atoms with E-state index in [4.69, 9.17) is 18.0 Å². The van der Waals surface area contributed by atoms with E-state index >= 15 is 0 Å². The van der Waals surface area contributed by atoms with Gasteiger partial charge in [-0.1, -0.05) is 24.4 Å². The molecule has 1 N–H and O–H groups in total. The van der Waals surface area contributed by atoms with Crippen molar-refractivity contribution in [3.63, 3.8) is 0 Å². The first-order valence-corrected chi connectivity index (χ1v) is 6.93. The Morgan fingerprint density at radius 2 is 2.26 bits per heavy atom. The van der Waals surface area contributed by atoms with Crippen molar-refractivity contribution in [2.24, 2.45) is 0 Å². The topological polar surface area (TPSA) is 29.9 Å². The summed E-state index contributed by atoms with van der Waals surface area (Å²) in [6, 6.07) is 5.73. The van der Waals surface area contributed by atoms with Crippen LogP contribution < -0.4 is 5.32 Å². The van der Waals surface area contributed by atoms with Crippen molar-refractivity contribution in [1.29, 1.82) is 0 Å². The van der Waals surface area contributed by atoms with Crippen LogP contribution in [0, 0.1) is 12.3 Å². The van der Waals surface area contributed by atoms with Crippen LogP contribution in [0.2, 0.25) is 5.02 Å². The Bertz CT molecular complexity index is 595. The fourth-order valence-corrected chi connectivity index (χ4v) is 2.28. The lowest BCUT2D eigenvalue weighted by atomic mass is 10.3. The van der Waals surface area contributed by atoms with Crippen LogP contribution >= 0.6 is 11.6 Å². The molecule has 0 amide bonds. The SMILES string of the molecule is C#CCn1c(CCNCCC)nc2cc(Cl)ccc21. The number of nitrogens with one attached hydrogen (secondary N) is 1. The Hall–Kier alpha value is -1.50. The first-order chi connectivity index (χ1) is 9.26. The third kappa shape index (κ3) is 3.28. The van der Waals surface area contributed by atoms with E-state index in [0.717, 1.165) is 42.8 Å². The van der Waals surface area contributed by atoms with Crippen LogP contribution in [0.3, 0.4) is 0 Å². The molecule has 2 rings (SSSR count). The minimum atomic E-state index is 0.543. The molecule has 0 atom stereocenters. The van der Waals surface area contributed by atoms with Crippen molar-refractivity contribution in [2.75, 3.05) is 13.1 Å². The number of imidazole rings is 1. The standard InChI is InChI=1S/C15H18ClN3/c1-3-8-17-9-7-15-18-13-11-12(16)5-6-14(13)19(15)10-4-2/h2,5-6,11,17H,3,7-10H2,1H3. The minimum absolute atomic E-state index is 0.543. The highest BCUT2D eigenvalue weighted by Crippen LogP contribution is 2.20. The summed E-state index contributed by atoms with van der Waals surface area (Å²) >= 11 is 6.00. The molecule has 1 aromatic heterocycles. The van der Waals surface area contributed by atoms with Crippen LogP contribution in [-0.2, 0) is 13.0 Å². The quantitative estimate of drug-likeness (QED) is 0.649. The van der Waals surface area contributed by atoms with Gasteiger partial charge in [0.25, 0.3) is 0 Å². The van der Waals surface area contributed by atoms with Crippen molar-refractivity contribution < 1.29 is 0 Å². The zero-order valence-electron chi connectivity index (χ0n) is 11.1. The molecule has 0 saturated carbocycles. The van der Waals surface area contributed by atoms with Crippen molar-refractivity contribution in [1.82, 2.24) is 14.9 Å². The number of aromatic nitrogens is 2. The highest BCUT2D eigenvalue weighted by atomic mass is 35.5. The summed E-state index contributed by atoms with van der Waals surface area (Å²) in [7, 11) is 0. The van der Waals surface area contributed by atoms with Gasteiger partial charge < -0.3 is 9.88 Å². The van der Waals surface area contributed by atoms with E-state index in [1.54, 1.807) is 0 Å². The van der Waals surface area contributed by atoms with Gasteiger partial charge in [0.2, 0.25) is 0 Å². The summed E-state index contributed by atoms with van der Waals surface area (Å²) in [6.45, 7) is 4.64. The molecule has 1 heterocycles. The zero-order chi connectivity index (χ0) is 13.7. The second-order valence-corrected chi connectivity index (χ2v) is 4.89. The van der Waals surface area contributed by atoms with Crippen molar-refractivity contribution >= 4 is 22.6 Å². The number of nitrogens with zero attached hydrogens (tertiary/aromatic N) is 2. The third-order valence-corrected chi connectivity index (χ3v) is 3.23. The molecule has 0 aliphatic rings. The number of rotatable bonds is 6. The van der Waals surface area contributed by atoms with E-state index in [-0.39, 0.29) is 0 Å². The maximum Gasteiger partial charge on any atom is 0.111 e. The lowest BCUT2D eigenvalue weighted by Gasteiger charge is -2.06. The van der Waals surface area contributed by atoms with E-state index < -0.39 is 0 Å². The molecular formula is C15H18ClN3. The average molecular weight is 276 g/mol. The van der Waals surface area contributed by atoms with Crippen LogP contribution in [0.5, 0.6) is 0 Å². The van der Waals surface area contributed by atoms with Gasteiger partial charge in [-0.3, -0.25) is 0 Å². The Balaban J connectivity index is 2.26. The van der Waals surface area contributed by atoms with Crippen LogP contribution in [-0.4, -0.2) is 22.6 Å². The number of hydrogen-bond donors (Lipinski definition) is 1. The zero-order valence-corrected chi connectivity index (χ0v) is 11.9. The predicted octanol–water partition coefficient (Wildman–Crippen LogP) is 2.87. The average Bonchev–Trinajstić information content (AvgIpc) is 2.73. The van der Waals surface area contributed by atoms with Crippen molar-refractivity contribution in [3.8, 4) is 12.3 Å². The second kappa shape index (κ2) is 6.60. The molecule has 4 heteroatoms. The summed E-state index contributed by atoms with van der Waals surface area (Å²) in [5, 5.41) is 4.08. The summed E-state index contributed by atoms with van der Waals surface area (Å²) in [6.07, 6.45) is 7.45. The van der Waals surface area contributed by atoms with Crippen LogP contribution in [0.15, 0.2) is 18.2 Å². The molecule has 3 nitrogen and oxygen atoms in total. The van der Waals surface area contributed by atoms with Gasteiger partial charge in [-0.25, -0.2) is 4.98 Å². The number of hydrogen-bond acceptors (Lipinski definition) is 2. The molecule has 0 bridgehead atoms. The minimum Gasteiger partial charge on any atom is -0.316 e. The van der Waals surface area contributed by atoms with Gasteiger partial charge in [-0.05, 0) is 31.2 Å². The molecule has 0 aliphatic heterocycles. The lowest BCUT2D eigenvalue weighted by Crippen LogP contribution is -2.19. The van der Waals surface area contributed by atoms with Crippen molar-refractivity contribution in [2.45, 2.75) is 26.3 Å². The van der Waals surface area contributed by atoms with E-state index in [1.807, 2.05) is 18.2 Å². The van der Waals surface area contributed by atoms with Crippen LogP contribution in [0.4, 0.5) is 0 Å². The number of benzene rings is 1. The Labute approximate surface area is 119 Å². The predicted molar refractivity (Wildman–Crippen MR) is 80.4 cm³/mol. The van der Waals surface area contributed by atoms with E-state index in [0.29, 0.717) is 11.6 Å². The molecule has 0 fully saturated rings. The lowest BCUT2D eigenvalue weighted by molar-refractivity contribution is 0.643. The highest BCUT2D eigenvalue weighted by molar-refractivity contribution is 6.31. The van der Waals surface area contributed by atoms with E-state index in [1.165, 1.54) is 0 Å². The first-order valence-electron chi connectivity index (χ1n) is 6.55. The maximum absolute atomic E-state index is 6.00. The number of terminal acetylenes is 1. The highest BCUT2D eigenvalue weighted by Gasteiger charge is 2.09. The summed E-state index contributed by atoms with van der Waals surface area (Å²) in [5.41, 5.74) is 1.96. The smallest absolute Gasteiger partial charge is 0.111 e. The van der Waals surface area contributed by atoms with E-state index in [9.17, 15) is 0 Å². The molecule has 1 aromatic carbocycles. The second-order valence-electron chi connectivity index (χ2n) is 4.45. The fourth-order valence-electron chi connectivity index (χ4n) is 2.11. The monoisotopic (exact) mass is 275 g/mol. The Kier molecular flexibility index (Phi) is 4.84. The van der Waals surface area contributed by atoms with E-state index in [2.05, 4.69) is 27.7 Å². The van der Waals surface area contributed by atoms with Gasteiger partial charge in [0.1, 0.15) is 5.82 Å². The summed E-state index contributed by atoms with van der Waals surface area (Å²) < 4.78 is 2.08. The van der Waals surface area contributed by atoms with Gasteiger partial charge in [0, 0.05) is 18.0 Å². The largest absolute Gasteiger partial charge is 0.316 e. The fraction of sp³-hybridized carbons (Fsp3) is 0.400. The molecule has 19 heavy (non-hydrogen) atoms. The molecule has 100 valence electrons. The first kappa shape index (κ1) is 13.9. The number of fused-ring (bicyclic) bond motifs is 1. The van der Waals surface area contributed by atoms with Gasteiger partial charge in [0.05, 0.1) is 17.6 Å². The maximum atomic E-state index is 6.00. The third-order valence-electron chi connectivity index (χ3n) is 2.99. The van der Waals surface area contributed by atoms with Gasteiger partial charge in [0.15, 0.2) is 0 Å². The molecule has 0 spiro atoms. The molecule has 0 aliphatic carbocycles. The molecule has 0 radical (unpaired) electrons. The normalized spacial score (nSPS) is 10.8. The number of halogens is 1. The van der Waals surface area contributed by atoms with Crippen LogP contribution in [0.1, 0.15) is 19.2 Å². The van der Waals surface area contributed by atoms with Crippen molar-refractivity contribution in [3.05, 3.63) is 29.0 Å². The Morgan fingerprint density at radius 3 is 3.00 bits per heavy atom.